The largest absolute Gasteiger partial charge is 0.497 e. The summed E-state index contributed by atoms with van der Waals surface area (Å²) in [5.74, 6) is 1.50. The van der Waals surface area contributed by atoms with Crippen molar-refractivity contribution in [1.82, 2.24) is 14.8 Å². The van der Waals surface area contributed by atoms with Crippen molar-refractivity contribution in [1.29, 1.82) is 0 Å². The molecule has 2 heterocycles. The third-order valence-electron chi connectivity index (χ3n) is 5.66. The Morgan fingerprint density at radius 3 is 2.59 bits per heavy atom. The molecule has 1 aliphatic heterocycles. The van der Waals surface area contributed by atoms with Crippen LogP contribution in [0.3, 0.4) is 0 Å². The molecule has 0 aliphatic carbocycles. The van der Waals surface area contributed by atoms with Gasteiger partial charge in [0.05, 0.1) is 12.7 Å². The van der Waals surface area contributed by atoms with Crippen molar-refractivity contribution in [2.75, 3.05) is 17.7 Å². The summed E-state index contributed by atoms with van der Waals surface area (Å²) in [6.07, 6.45) is 0. The van der Waals surface area contributed by atoms with Crippen LogP contribution in [0.4, 0.5) is 11.6 Å². The number of hydrogen-bond donors (Lipinski definition) is 2. The average Bonchev–Trinajstić information content (AvgIpc) is 3.28. The minimum Gasteiger partial charge on any atom is -0.497 e. The zero-order chi connectivity index (χ0) is 23.7. The number of anilines is 2. The zero-order valence-electron chi connectivity index (χ0n) is 18.6. The second kappa shape index (κ2) is 9.03. The van der Waals surface area contributed by atoms with E-state index in [0.29, 0.717) is 39.5 Å². The van der Waals surface area contributed by atoms with Gasteiger partial charge in [-0.15, -0.1) is 5.10 Å². The first-order chi connectivity index (χ1) is 16.5. The predicted octanol–water partition coefficient (Wildman–Crippen LogP) is 5.53. The van der Waals surface area contributed by atoms with Gasteiger partial charge in [0.2, 0.25) is 5.95 Å². The van der Waals surface area contributed by atoms with Crippen molar-refractivity contribution in [2.45, 2.75) is 13.0 Å². The van der Waals surface area contributed by atoms with E-state index in [-0.39, 0.29) is 5.91 Å². The number of nitrogens with one attached hydrogen (secondary N) is 2. The number of fused-ring (bicyclic) bond motifs is 1. The van der Waals surface area contributed by atoms with Gasteiger partial charge in [-0.2, -0.15) is 4.98 Å². The van der Waals surface area contributed by atoms with Crippen molar-refractivity contribution in [3.63, 3.8) is 0 Å². The number of para-hydroxylation sites is 1. The molecule has 170 valence electrons. The summed E-state index contributed by atoms with van der Waals surface area (Å²) in [5, 5.41) is 11.6. The Hall–Kier alpha value is -4.10. The number of carbonyl (C=O) groups excluding carboxylic acids is 1. The Balaban J connectivity index is 1.62. The highest BCUT2D eigenvalue weighted by molar-refractivity contribution is 6.31. The molecule has 0 bridgehead atoms. The molecule has 34 heavy (non-hydrogen) atoms. The third kappa shape index (κ3) is 4.02. The van der Waals surface area contributed by atoms with Crippen LogP contribution in [0.25, 0.3) is 11.4 Å². The van der Waals surface area contributed by atoms with Crippen LogP contribution < -0.4 is 15.4 Å². The van der Waals surface area contributed by atoms with Crippen molar-refractivity contribution in [3.05, 3.63) is 101 Å². The molecule has 0 saturated heterocycles. The van der Waals surface area contributed by atoms with Gasteiger partial charge < -0.3 is 15.4 Å². The van der Waals surface area contributed by atoms with Crippen LogP contribution in [-0.2, 0) is 4.79 Å². The van der Waals surface area contributed by atoms with Gasteiger partial charge in [0.15, 0.2) is 5.82 Å². The van der Waals surface area contributed by atoms with Crippen molar-refractivity contribution >= 4 is 29.1 Å². The minimum atomic E-state index is -0.569. The maximum atomic E-state index is 13.5. The van der Waals surface area contributed by atoms with Crippen LogP contribution in [0.5, 0.6) is 5.75 Å². The van der Waals surface area contributed by atoms with E-state index in [2.05, 4.69) is 10.6 Å². The first kappa shape index (κ1) is 21.7. The smallest absolute Gasteiger partial charge is 0.255 e. The molecule has 1 unspecified atom stereocenters. The number of aromatic nitrogens is 3. The number of methoxy groups -OCH3 is 1. The molecule has 1 amide bonds. The molecule has 1 aliphatic rings. The number of amides is 1. The molecule has 0 saturated carbocycles. The van der Waals surface area contributed by atoms with Gasteiger partial charge in [-0.3, -0.25) is 4.79 Å². The van der Waals surface area contributed by atoms with Crippen LogP contribution >= 0.6 is 11.6 Å². The SMILES string of the molecule is COc1cccc(-c2nc3n(n2)C(c2ccccc2Cl)C(C(=O)Nc2ccccc2)=C(C)N3)c1. The van der Waals surface area contributed by atoms with Gasteiger partial charge >= 0.3 is 0 Å². The number of ether oxygens (including phenoxy) is 1. The van der Waals surface area contributed by atoms with E-state index in [1.54, 1.807) is 17.9 Å². The fourth-order valence-electron chi connectivity index (χ4n) is 4.03. The average molecular weight is 472 g/mol. The molecule has 0 radical (unpaired) electrons. The fourth-order valence-corrected chi connectivity index (χ4v) is 4.27. The van der Waals surface area contributed by atoms with Crippen LogP contribution in [-0.4, -0.2) is 27.8 Å². The number of halogens is 1. The van der Waals surface area contributed by atoms with Crippen LogP contribution in [0.2, 0.25) is 5.02 Å². The van der Waals surface area contributed by atoms with Gasteiger partial charge in [0.1, 0.15) is 11.8 Å². The van der Waals surface area contributed by atoms with Gasteiger partial charge in [0, 0.05) is 27.5 Å². The molecule has 0 spiro atoms. The lowest BCUT2D eigenvalue weighted by atomic mass is 9.95. The first-order valence-corrected chi connectivity index (χ1v) is 11.1. The summed E-state index contributed by atoms with van der Waals surface area (Å²) >= 11 is 6.61. The molecule has 1 atom stereocenters. The molecular weight excluding hydrogens is 450 g/mol. The highest BCUT2D eigenvalue weighted by Crippen LogP contribution is 2.39. The van der Waals surface area contributed by atoms with Crippen molar-refractivity contribution in [2.24, 2.45) is 0 Å². The van der Waals surface area contributed by atoms with Gasteiger partial charge in [-0.05, 0) is 37.3 Å². The highest BCUT2D eigenvalue weighted by atomic mass is 35.5. The summed E-state index contributed by atoms with van der Waals surface area (Å²) in [5.41, 5.74) is 3.44. The third-order valence-corrected chi connectivity index (χ3v) is 6.00. The van der Waals surface area contributed by atoms with Crippen molar-refractivity contribution < 1.29 is 9.53 Å². The minimum absolute atomic E-state index is 0.245. The van der Waals surface area contributed by atoms with Crippen LogP contribution in [0, 0.1) is 0 Å². The molecular formula is C26H22ClN5O2. The maximum absolute atomic E-state index is 13.5. The summed E-state index contributed by atoms with van der Waals surface area (Å²) in [7, 11) is 1.62. The highest BCUT2D eigenvalue weighted by Gasteiger charge is 2.35. The topological polar surface area (TPSA) is 81.1 Å². The molecule has 2 N–H and O–H groups in total. The Morgan fingerprint density at radius 1 is 1.06 bits per heavy atom. The van der Waals surface area contributed by atoms with E-state index in [9.17, 15) is 4.79 Å². The van der Waals surface area contributed by atoms with E-state index < -0.39 is 6.04 Å². The molecule has 5 rings (SSSR count). The molecule has 4 aromatic rings. The van der Waals surface area contributed by atoms with Crippen LogP contribution in [0.15, 0.2) is 90.1 Å². The Morgan fingerprint density at radius 2 is 1.82 bits per heavy atom. The predicted molar refractivity (Wildman–Crippen MR) is 133 cm³/mol. The molecule has 1 aromatic heterocycles. The Kier molecular flexibility index (Phi) is 5.77. The van der Waals surface area contributed by atoms with E-state index >= 15 is 0 Å². The van der Waals surface area contributed by atoms with Gasteiger partial charge in [-0.25, -0.2) is 4.68 Å². The zero-order valence-corrected chi connectivity index (χ0v) is 19.4. The second-order valence-electron chi connectivity index (χ2n) is 7.84. The van der Waals surface area contributed by atoms with E-state index in [0.717, 1.165) is 11.1 Å². The second-order valence-corrected chi connectivity index (χ2v) is 8.25. The van der Waals surface area contributed by atoms with E-state index in [1.807, 2.05) is 79.7 Å². The summed E-state index contributed by atoms with van der Waals surface area (Å²) in [4.78, 5) is 18.2. The lowest BCUT2D eigenvalue weighted by molar-refractivity contribution is -0.113. The molecule has 8 heteroatoms. The first-order valence-electron chi connectivity index (χ1n) is 10.7. The fraction of sp³-hybridized carbons (Fsp3) is 0.115. The number of benzene rings is 3. The quantitative estimate of drug-likeness (QED) is 0.399. The normalized spacial score (nSPS) is 14.9. The summed E-state index contributed by atoms with van der Waals surface area (Å²) in [6.45, 7) is 1.85. The number of rotatable bonds is 5. The Labute approximate surface area is 202 Å². The summed E-state index contributed by atoms with van der Waals surface area (Å²) in [6, 6.07) is 23.8. The number of hydrogen-bond acceptors (Lipinski definition) is 5. The lowest BCUT2D eigenvalue weighted by Gasteiger charge is -2.29. The van der Waals surface area contributed by atoms with Gasteiger partial charge in [0.25, 0.3) is 5.91 Å². The molecule has 7 nitrogen and oxygen atoms in total. The number of carbonyl (C=O) groups is 1. The number of nitrogens with zero attached hydrogens (tertiary/aromatic N) is 3. The molecule has 0 fully saturated rings. The maximum Gasteiger partial charge on any atom is 0.255 e. The summed E-state index contributed by atoms with van der Waals surface area (Å²) < 4.78 is 7.06. The van der Waals surface area contributed by atoms with E-state index in [4.69, 9.17) is 26.4 Å². The lowest BCUT2D eigenvalue weighted by Crippen LogP contribution is -2.31. The monoisotopic (exact) mass is 471 g/mol. The molecule has 3 aromatic carbocycles. The standard InChI is InChI=1S/C26H22ClN5O2/c1-16-22(25(33)29-18-10-4-3-5-11-18)23(20-13-6-7-14-21(20)27)32-26(28-16)30-24(31-32)17-9-8-12-19(15-17)34-2/h3-15,23H,1-2H3,(H,29,33)(H,28,30,31). The van der Waals surface area contributed by atoms with Gasteiger partial charge in [-0.1, -0.05) is 60.1 Å². The number of allylic oxidation sites excluding steroid dienone is 1. The van der Waals surface area contributed by atoms with Crippen LogP contribution in [0.1, 0.15) is 18.5 Å². The van der Waals surface area contributed by atoms with E-state index in [1.165, 1.54) is 0 Å². The Bertz CT molecular complexity index is 1400. The van der Waals surface area contributed by atoms with Crippen molar-refractivity contribution in [3.8, 4) is 17.1 Å².